The molecule has 12 aromatic rings. The van der Waals surface area contributed by atoms with Crippen molar-refractivity contribution in [2.24, 2.45) is 0 Å². The first-order chi connectivity index (χ1) is 35.7. The Bertz CT molecular complexity index is 4300. The van der Waals surface area contributed by atoms with Gasteiger partial charge in [0.1, 0.15) is 11.3 Å². The van der Waals surface area contributed by atoms with E-state index in [1.54, 1.807) is 0 Å². The molecule has 2 heterocycles. The van der Waals surface area contributed by atoms with E-state index >= 15 is 0 Å². The predicted molar refractivity (Wildman–Crippen MR) is 308 cm³/mol. The fourth-order valence-electron chi connectivity index (χ4n) is 12.7. The van der Waals surface area contributed by atoms with Crippen molar-refractivity contribution >= 4 is 101 Å². The topological polar surface area (TPSA) is 32.8 Å². The van der Waals surface area contributed by atoms with E-state index in [2.05, 4.69) is 244 Å². The van der Waals surface area contributed by atoms with Gasteiger partial charge < -0.3 is 18.6 Å². The molecule has 0 saturated heterocycles. The van der Waals surface area contributed by atoms with Crippen molar-refractivity contribution in [3.8, 4) is 22.3 Å². The van der Waals surface area contributed by atoms with Gasteiger partial charge in [0.2, 0.25) is 0 Å². The summed E-state index contributed by atoms with van der Waals surface area (Å²) in [6, 6.07) is 70.9. The molecule has 10 aromatic carbocycles. The van der Waals surface area contributed by atoms with Crippen molar-refractivity contribution in [3.63, 3.8) is 0 Å². The van der Waals surface area contributed by atoms with Crippen LogP contribution in [0.2, 0.25) is 0 Å². The third kappa shape index (κ3) is 6.07. The molecule has 0 N–H and O–H groups in total. The van der Waals surface area contributed by atoms with Crippen molar-refractivity contribution in [1.29, 1.82) is 0 Å². The van der Waals surface area contributed by atoms with Crippen LogP contribution >= 0.6 is 0 Å². The van der Waals surface area contributed by atoms with Crippen LogP contribution in [-0.2, 0) is 10.8 Å². The van der Waals surface area contributed by atoms with Gasteiger partial charge in [-0.15, -0.1) is 0 Å². The molecule has 73 heavy (non-hydrogen) atoms. The number of benzene rings is 10. The van der Waals surface area contributed by atoms with Gasteiger partial charge in [-0.05, 0) is 129 Å². The lowest BCUT2D eigenvalue weighted by Crippen LogP contribution is -2.20. The second kappa shape index (κ2) is 15.8. The standard InChI is InChI=1S/C69H52N2O2/c1-7-23-46-50-33-21-35-58(66(50)72-62(46)8-2)70(42-24-11-9-12-25-42)60-40-56-64(48-31-17-15-28-44(48)60)52-38-53-55(39-54(52)68(56,3)4)69(5,6)57-41-61(45-29-16-18-32-49(45)65(53)57)71(43-26-13-10-14-27-43)59-36-22-34-51-47-30-19-20-37-63(47)73-67(51)59/h7-41H,2H2,1,3-6H3/b23-7-. The van der Waals surface area contributed by atoms with Crippen molar-refractivity contribution in [2.45, 2.75) is 45.4 Å². The Morgan fingerprint density at radius 3 is 1.38 bits per heavy atom. The smallest absolute Gasteiger partial charge is 0.159 e. The fraction of sp³-hybridized carbons (Fsp3) is 0.101. The predicted octanol–water partition coefficient (Wildman–Crippen LogP) is 19.9. The summed E-state index contributed by atoms with van der Waals surface area (Å²) >= 11 is 0. The number of hydrogen-bond donors (Lipinski definition) is 0. The van der Waals surface area contributed by atoms with E-state index < -0.39 is 0 Å². The van der Waals surface area contributed by atoms with E-state index in [-0.39, 0.29) is 10.8 Å². The Kier molecular flexibility index (Phi) is 9.31. The third-order valence-corrected chi connectivity index (χ3v) is 16.1. The second-order valence-corrected chi connectivity index (χ2v) is 20.8. The monoisotopic (exact) mass is 940 g/mol. The minimum atomic E-state index is -0.333. The van der Waals surface area contributed by atoms with E-state index in [0.717, 1.165) is 78.4 Å². The summed E-state index contributed by atoms with van der Waals surface area (Å²) in [6.07, 6.45) is 6.00. The average Bonchev–Trinajstić information content (AvgIpc) is 4.12. The van der Waals surface area contributed by atoms with E-state index in [1.165, 1.54) is 66.1 Å². The first-order valence-corrected chi connectivity index (χ1v) is 25.4. The van der Waals surface area contributed by atoms with Crippen molar-refractivity contribution in [3.05, 3.63) is 240 Å². The molecule has 4 heteroatoms. The van der Waals surface area contributed by atoms with Gasteiger partial charge in [-0.1, -0.05) is 180 Å². The van der Waals surface area contributed by atoms with Crippen molar-refractivity contribution < 1.29 is 8.83 Å². The zero-order valence-electron chi connectivity index (χ0n) is 41.6. The summed E-state index contributed by atoms with van der Waals surface area (Å²) in [7, 11) is 0. The van der Waals surface area contributed by atoms with Crippen LogP contribution in [0.5, 0.6) is 0 Å². The van der Waals surface area contributed by atoms with Gasteiger partial charge in [0.15, 0.2) is 11.2 Å². The molecule has 0 saturated carbocycles. The van der Waals surface area contributed by atoms with Gasteiger partial charge in [0, 0.05) is 54.7 Å². The van der Waals surface area contributed by atoms with Crippen LogP contribution in [0.4, 0.5) is 34.1 Å². The van der Waals surface area contributed by atoms with Gasteiger partial charge in [-0.2, -0.15) is 0 Å². The molecule has 0 spiro atoms. The number of allylic oxidation sites excluding steroid dienone is 1. The first-order valence-electron chi connectivity index (χ1n) is 25.4. The highest BCUT2D eigenvalue weighted by molar-refractivity contribution is 6.16. The van der Waals surface area contributed by atoms with Gasteiger partial charge in [-0.25, -0.2) is 0 Å². The Labute approximate surface area is 425 Å². The number of furan rings is 2. The zero-order chi connectivity index (χ0) is 49.3. The summed E-state index contributed by atoms with van der Waals surface area (Å²) in [5, 5.41) is 8.10. The van der Waals surface area contributed by atoms with Crippen LogP contribution in [0.1, 0.15) is 68.2 Å². The second-order valence-electron chi connectivity index (χ2n) is 20.8. The Balaban J connectivity index is 0.994. The SMILES string of the molecule is C=Cc1oc2c(N(c3ccccc3)c3cc4c(c5ccccc35)-c3cc5c(cc3C4(C)C)C(C)(C)c3cc(N(c4ccccc4)c4cccc6c4oc4ccccc46)c4ccccc4c3-5)cccc2c1/C=C\C. The van der Waals surface area contributed by atoms with Crippen LogP contribution in [-0.4, -0.2) is 0 Å². The summed E-state index contributed by atoms with van der Waals surface area (Å²) in [6.45, 7) is 15.9. The summed E-state index contributed by atoms with van der Waals surface area (Å²) in [4.78, 5) is 4.82. The molecule has 0 bridgehead atoms. The Hall–Kier alpha value is -8.86. The zero-order valence-corrected chi connectivity index (χ0v) is 41.6. The summed E-state index contributed by atoms with van der Waals surface area (Å²) < 4.78 is 13.5. The van der Waals surface area contributed by atoms with Crippen LogP contribution in [0, 0.1) is 0 Å². The number of anilines is 6. The van der Waals surface area contributed by atoms with E-state index in [9.17, 15) is 0 Å². The van der Waals surface area contributed by atoms with Crippen LogP contribution in [0.15, 0.2) is 216 Å². The number of hydrogen-bond acceptors (Lipinski definition) is 4. The maximum atomic E-state index is 6.77. The minimum absolute atomic E-state index is 0.327. The lowest BCUT2D eigenvalue weighted by molar-refractivity contribution is 0.604. The van der Waals surface area contributed by atoms with E-state index in [0.29, 0.717) is 0 Å². The number of rotatable bonds is 8. The summed E-state index contributed by atoms with van der Waals surface area (Å²) in [5.41, 5.74) is 19.8. The summed E-state index contributed by atoms with van der Waals surface area (Å²) in [5.74, 6) is 0.763. The Morgan fingerprint density at radius 1 is 0.411 bits per heavy atom. The molecule has 0 amide bonds. The number of para-hydroxylation sites is 5. The molecule has 2 aliphatic carbocycles. The lowest BCUT2D eigenvalue weighted by Gasteiger charge is -2.30. The van der Waals surface area contributed by atoms with Gasteiger partial charge in [0.05, 0.1) is 22.7 Å². The molecule has 2 aliphatic rings. The molecule has 14 rings (SSSR count). The fourth-order valence-corrected chi connectivity index (χ4v) is 12.7. The largest absolute Gasteiger partial charge is 0.454 e. The number of nitrogens with zero attached hydrogens (tertiary/aromatic N) is 2. The molecule has 0 radical (unpaired) electrons. The van der Waals surface area contributed by atoms with Gasteiger partial charge >= 0.3 is 0 Å². The van der Waals surface area contributed by atoms with E-state index in [1.807, 2.05) is 19.1 Å². The van der Waals surface area contributed by atoms with Crippen LogP contribution < -0.4 is 9.80 Å². The van der Waals surface area contributed by atoms with Gasteiger partial charge in [0.25, 0.3) is 0 Å². The minimum Gasteiger partial charge on any atom is -0.454 e. The van der Waals surface area contributed by atoms with Crippen molar-refractivity contribution in [2.75, 3.05) is 9.80 Å². The quantitative estimate of drug-likeness (QED) is 0.152. The van der Waals surface area contributed by atoms with Crippen molar-refractivity contribution in [1.82, 2.24) is 0 Å². The molecular formula is C69H52N2O2. The molecule has 0 unspecified atom stereocenters. The highest BCUT2D eigenvalue weighted by Gasteiger charge is 2.44. The molecule has 0 fully saturated rings. The Morgan fingerprint density at radius 2 is 0.863 bits per heavy atom. The first kappa shape index (κ1) is 43.0. The van der Waals surface area contributed by atoms with Crippen LogP contribution in [0.3, 0.4) is 0 Å². The maximum absolute atomic E-state index is 6.77. The van der Waals surface area contributed by atoms with Crippen LogP contribution in [0.25, 0.3) is 88.9 Å². The average molecular weight is 941 g/mol. The molecular weight excluding hydrogens is 889 g/mol. The molecule has 0 aliphatic heterocycles. The highest BCUT2D eigenvalue weighted by atomic mass is 16.3. The third-order valence-electron chi connectivity index (χ3n) is 16.1. The lowest BCUT2D eigenvalue weighted by atomic mass is 9.77. The van der Waals surface area contributed by atoms with E-state index in [4.69, 9.17) is 8.83 Å². The maximum Gasteiger partial charge on any atom is 0.159 e. The molecule has 350 valence electrons. The normalized spacial score (nSPS) is 14.0. The number of fused-ring (bicyclic) bond motifs is 14. The highest BCUT2D eigenvalue weighted by Crippen LogP contribution is 2.61. The molecule has 0 atom stereocenters. The van der Waals surface area contributed by atoms with Gasteiger partial charge in [-0.3, -0.25) is 0 Å². The molecule has 2 aromatic heterocycles. The molecule has 4 nitrogen and oxygen atoms in total.